The number of hydrogen-bond donors (Lipinski definition) is 0. The molecule has 0 fully saturated rings. The van der Waals surface area contributed by atoms with Gasteiger partial charge in [-0.15, -0.1) is 0 Å². The first kappa shape index (κ1) is 12.2. The second-order valence-electron chi connectivity index (χ2n) is 3.24. The number of hydrogen-bond acceptors (Lipinski definition) is 0. The van der Waals surface area contributed by atoms with E-state index in [1.807, 2.05) is 0 Å². The average Bonchev–Trinajstić information content (AvgIpc) is 2.44. The van der Waals surface area contributed by atoms with Gasteiger partial charge in [-0.1, -0.05) is 0 Å². The Balaban J connectivity index is 0.000000980. The van der Waals surface area contributed by atoms with Crippen LogP contribution < -0.4 is 28.5 Å². The quantitative estimate of drug-likeness (QED) is 0.361. The molecule has 1 aromatic carbocycles. The van der Waals surface area contributed by atoms with Crippen LogP contribution in [0.1, 0.15) is 17.9 Å². The molecule has 2 rings (SSSR count). The van der Waals surface area contributed by atoms with E-state index in [9.17, 15) is 0 Å². The van der Waals surface area contributed by atoms with Crippen LogP contribution in [0.4, 0.5) is 0 Å². The zero-order valence-corrected chi connectivity index (χ0v) is 12.3. The van der Waals surface area contributed by atoms with Crippen molar-refractivity contribution >= 4 is 24.3 Å². The fourth-order valence-electron chi connectivity index (χ4n) is 1.65. The summed E-state index contributed by atoms with van der Waals surface area (Å²) in [7, 11) is 0. The van der Waals surface area contributed by atoms with Gasteiger partial charge in [0, 0.05) is 0 Å². The molecular weight excluding hydrogens is 352 g/mol. The zero-order valence-electron chi connectivity index (χ0n) is 8.46. The summed E-state index contributed by atoms with van der Waals surface area (Å²) in [6.45, 7) is 5.67. The number of fused-ring (bicyclic) bond motifs is 1. The fourth-order valence-corrected chi connectivity index (χ4v) is 3.85. The molecule has 0 saturated carbocycles. The Bertz CT molecular complexity index is 422. The van der Waals surface area contributed by atoms with E-state index in [1.54, 1.807) is 8.83 Å². The van der Waals surface area contributed by atoms with Gasteiger partial charge in [0.25, 0.3) is 0 Å². The zero-order chi connectivity index (χ0) is 9.26. The summed E-state index contributed by atoms with van der Waals surface area (Å²) < 4.78 is 5.56. The molecule has 3 heteroatoms. The van der Waals surface area contributed by atoms with Crippen LogP contribution in [0.15, 0.2) is 24.3 Å². The number of aromatic nitrogens is 1. The summed E-state index contributed by atoms with van der Waals surface area (Å²) in [6, 6.07) is 8.78. The molecule has 0 N–H and O–H groups in total. The Hall–Kier alpha value is 0.139. The van der Waals surface area contributed by atoms with Crippen molar-refractivity contribution in [1.29, 1.82) is 0 Å². The van der Waals surface area contributed by atoms with E-state index in [-0.39, 0.29) is 24.0 Å². The Morgan fingerprint density at radius 3 is 2.71 bits per heavy atom. The normalized spacial score (nSPS) is 10.1. The number of benzene rings is 1. The SMILES string of the molecule is CCC[n+]1c(C)[se]c2ccccc21.[I-]. The van der Waals surface area contributed by atoms with Crippen molar-refractivity contribution in [3.05, 3.63) is 28.8 Å². The van der Waals surface area contributed by atoms with Gasteiger partial charge in [-0.05, 0) is 0 Å². The van der Waals surface area contributed by atoms with Crippen molar-refractivity contribution in [1.82, 2.24) is 0 Å². The van der Waals surface area contributed by atoms with Crippen LogP contribution in [0.3, 0.4) is 0 Å². The second kappa shape index (κ2) is 5.29. The molecule has 2 aromatic rings. The summed E-state index contributed by atoms with van der Waals surface area (Å²) in [5, 5.41) is 0. The van der Waals surface area contributed by atoms with Crippen LogP contribution in [0.5, 0.6) is 0 Å². The van der Waals surface area contributed by atoms with E-state index in [0.717, 1.165) is 0 Å². The number of halogens is 1. The monoisotopic (exact) mass is 367 g/mol. The molecule has 76 valence electrons. The van der Waals surface area contributed by atoms with Gasteiger partial charge < -0.3 is 24.0 Å². The minimum atomic E-state index is 0. The van der Waals surface area contributed by atoms with Crippen LogP contribution in [0.2, 0.25) is 0 Å². The summed E-state index contributed by atoms with van der Waals surface area (Å²) in [4.78, 5) is 0. The molecule has 0 aliphatic rings. The van der Waals surface area contributed by atoms with Gasteiger partial charge in [0.05, 0.1) is 0 Å². The number of nitrogens with zero attached hydrogens (tertiary/aromatic N) is 1. The van der Waals surface area contributed by atoms with Crippen molar-refractivity contribution in [2.45, 2.75) is 26.8 Å². The number of para-hydroxylation sites is 1. The molecule has 0 spiro atoms. The molecule has 1 aromatic heterocycles. The molecule has 1 heterocycles. The molecule has 0 saturated heterocycles. The topological polar surface area (TPSA) is 3.88 Å². The molecular formula is C11H14INSe. The van der Waals surface area contributed by atoms with Crippen LogP contribution in [0, 0.1) is 6.92 Å². The van der Waals surface area contributed by atoms with Crippen LogP contribution in [0.25, 0.3) is 9.78 Å². The maximum absolute atomic E-state index is 2.47. The average molecular weight is 366 g/mol. The molecule has 0 atom stereocenters. The summed E-state index contributed by atoms with van der Waals surface area (Å²) in [5.41, 5.74) is 1.45. The van der Waals surface area contributed by atoms with Crippen LogP contribution in [-0.4, -0.2) is 14.5 Å². The van der Waals surface area contributed by atoms with E-state index in [4.69, 9.17) is 0 Å². The van der Waals surface area contributed by atoms with Crippen molar-refractivity contribution in [2.75, 3.05) is 0 Å². The first-order valence-electron chi connectivity index (χ1n) is 4.71. The molecule has 0 amide bonds. The van der Waals surface area contributed by atoms with Crippen LogP contribution >= 0.6 is 0 Å². The third-order valence-corrected chi connectivity index (χ3v) is 4.51. The van der Waals surface area contributed by atoms with Gasteiger partial charge in [-0.25, -0.2) is 0 Å². The predicted molar refractivity (Wildman–Crippen MR) is 56.1 cm³/mol. The van der Waals surface area contributed by atoms with Gasteiger partial charge >= 0.3 is 84.5 Å². The van der Waals surface area contributed by atoms with E-state index >= 15 is 0 Å². The number of aryl methyl sites for hydroxylation is 2. The smallest absolute Gasteiger partial charge is 1.00 e. The first-order valence-corrected chi connectivity index (χ1v) is 6.42. The fraction of sp³-hybridized carbons (Fsp3) is 0.364. The van der Waals surface area contributed by atoms with E-state index < -0.39 is 0 Å². The summed E-state index contributed by atoms with van der Waals surface area (Å²) >= 11 is 0.575. The second-order valence-corrected chi connectivity index (χ2v) is 5.83. The minimum Gasteiger partial charge on any atom is -1.00 e. The Labute approximate surface area is 108 Å². The largest absolute Gasteiger partial charge is 1.00 e. The van der Waals surface area contributed by atoms with E-state index in [0.29, 0.717) is 14.5 Å². The van der Waals surface area contributed by atoms with Gasteiger partial charge in [0.2, 0.25) is 0 Å². The Morgan fingerprint density at radius 1 is 1.29 bits per heavy atom. The van der Waals surface area contributed by atoms with Gasteiger partial charge in [0.15, 0.2) is 0 Å². The van der Waals surface area contributed by atoms with Crippen molar-refractivity contribution in [2.24, 2.45) is 0 Å². The molecule has 1 nitrogen and oxygen atoms in total. The maximum atomic E-state index is 2.47. The molecule has 0 aliphatic heterocycles. The third kappa shape index (κ3) is 2.20. The van der Waals surface area contributed by atoms with Gasteiger partial charge in [-0.3, -0.25) is 0 Å². The van der Waals surface area contributed by atoms with E-state index in [2.05, 4.69) is 42.7 Å². The first-order chi connectivity index (χ1) is 6.33. The summed E-state index contributed by atoms with van der Waals surface area (Å²) in [6.07, 6.45) is 1.22. The molecule has 0 radical (unpaired) electrons. The maximum Gasteiger partial charge on any atom is -1.00 e. The Morgan fingerprint density at radius 2 is 2.00 bits per heavy atom. The van der Waals surface area contributed by atoms with Crippen molar-refractivity contribution in [3.8, 4) is 0 Å². The standard InChI is InChI=1S/C11H14NSe.HI/c1-3-8-12-9(2)13-11-7-5-4-6-10(11)12;/h4-7H,3,8H2,1-2H3;1H/q+1;/p-1. The molecule has 0 bridgehead atoms. The van der Waals surface area contributed by atoms with Gasteiger partial charge in [0.1, 0.15) is 0 Å². The minimum absolute atomic E-state index is 0. The summed E-state index contributed by atoms with van der Waals surface area (Å²) in [5.74, 6) is 0. The van der Waals surface area contributed by atoms with Gasteiger partial charge in [-0.2, -0.15) is 0 Å². The van der Waals surface area contributed by atoms with E-state index in [1.165, 1.54) is 18.5 Å². The third-order valence-electron chi connectivity index (χ3n) is 2.24. The van der Waals surface area contributed by atoms with Crippen LogP contribution in [-0.2, 0) is 6.54 Å². The molecule has 0 aliphatic carbocycles. The molecule has 0 unspecified atom stereocenters. The Kier molecular flexibility index (Phi) is 4.61. The predicted octanol–water partition coefficient (Wildman–Crippen LogP) is -1.09. The van der Waals surface area contributed by atoms with Crippen molar-refractivity contribution < 1.29 is 28.5 Å². The van der Waals surface area contributed by atoms with Crippen molar-refractivity contribution in [3.63, 3.8) is 0 Å². The molecule has 14 heavy (non-hydrogen) atoms. The number of rotatable bonds is 2.